The van der Waals surface area contributed by atoms with Gasteiger partial charge in [-0.15, -0.1) is 22.7 Å². The van der Waals surface area contributed by atoms with Gasteiger partial charge in [0, 0.05) is 10.3 Å². The average molecular weight is 661 g/mol. The van der Waals surface area contributed by atoms with E-state index in [1.807, 2.05) is 53.9 Å². The summed E-state index contributed by atoms with van der Waals surface area (Å²) in [5, 5.41) is 10.4. The number of anilines is 2. The Bertz CT molecular complexity index is 1860. The molecule has 2 N–H and O–H groups in total. The lowest BCUT2D eigenvalue weighted by atomic mass is 10.2. The van der Waals surface area contributed by atoms with Crippen LogP contribution in [0.2, 0.25) is 0 Å². The number of amides is 2. The number of thiazole rings is 2. The van der Waals surface area contributed by atoms with Crippen molar-refractivity contribution in [1.82, 2.24) is 9.97 Å². The van der Waals surface area contributed by atoms with Crippen molar-refractivity contribution in [3.63, 3.8) is 0 Å². The minimum absolute atomic E-state index is 0.302. The van der Waals surface area contributed by atoms with Crippen LogP contribution in [-0.2, 0) is 16.0 Å². The van der Waals surface area contributed by atoms with Crippen molar-refractivity contribution in [2.24, 2.45) is 9.98 Å². The second kappa shape index (κ2) is 13.2. The van der Waals surface area contributed by atoms with E-state index in [9.17, 15) is 9.59 Å². The lowest BCUT2D eigenvalue weighted by Crippen LogP contribution is -2.04. The van der Waals surface area contributed by atoms with Crippen LogP contribution in [0.3, 0.4) is 0 Å². The van der Waals surface area contributed by atoms with E-state index < -0.39 is 0 Å². The summed E-state index contributed by atoms with van der Waals surface area (Å²) in [6, 6.07) is 14.9. The Morgan fingerprint density at radius 1 is 0.750 bits per heavy atom. The SMILES string of the molecule is CCc1sc(NC2=NC(=O)/C(=C\c3ccc(OC)cc3)S2)nc1-c1csc(NC2=NC(=O)/C(=C\c3ccc(OC)cc3)S2)n1. The van der Waals surface area contributed by atoms with Crippen molar-refractivity contribution in [3.05, 3.63) is 79.7 Å². The van der Waals surface area contributed by atoms with Crippen LogP contribution in [0.25, 0.3) is 23.5 Å². The fourth-order valence-electron chi connectivity index (χ4n) is 4.10. The Hall–Kier alpha value is -4.24. The molecule has 10 nitrogen and oxygen atoms in total. The molecule has 44 heavy (non-hydrogen) atoms. The number of thioether (sulfide) groups is 2. The van der Waals surface area contributed by atoms with Crippen LogP contribution in [0.15, 0.2) is 73.7 Å². The molecule has 0 saturated carbocycles. The molecule has 4 heterocycles. The number of amidine groups is 2. The molecule has 2 amide bonds. The summed E-state index contributed by atoms with van der Waals surface area (Å²) in [5.74, 6) is 0.892. The molecule has 0 aliphatic carbocycles. The number of nitrogens with one attached hydrogen (secondary N) is 2. The number of aryl methyl sites for hydroxylation is 1. The lowest BCUT2D eigenvalue weighted by Gasteiger charge is -2.01. The molecule has 4 aromatic rings. The van der Waals surface area contributed by atoms with Gasteiger partial charge in [0.2, 0.25) is 0 Å². The van der Waals surface area contributed by atoms with Crippen molar-refractivity contribution in [1.29, 1.82) is 0 Å². The molecule has 0 radical (unpaired) electrons. The molecule has 0 fully saturated rings. The summed E-state index contributed by atoms with van der Waals surface area (Å²) < 4.78 is 10.4. The van der Waals surface area contributed by atoms with E-state index in [2.05, 4.69) is 27.5 Å². The van der Waals surface area contributed by atoms with Crippen LogP contribution >= 0.6 is 46.2 Å². The van der Waals surface area contributed by atoms with Crippen LogP contribution in [0.4, 0.5) is 10.3 Å². The number of carbonyl (C=O) groups is 2. The number of methoxy groups -OCH3 is 2. The molecule has 0 unspecified atom stereocenters. The van der Waals surface area contributed by atoms with Gasteiger partial charge in [0.25, 0.3) is 11.8 Å². The lowest BCUT2D eigenvalue weighted by molar-refractivity contribution is -0.114. The average Bonchev–Trinajstić information content (AvgIpc) is 3.81. The molecule has 0 bridgehead atoms. The highest BCUT2D eigenvalue weighted by atomic mass is 32.2. The number of benzene rings is 2. The van der Waals surface area contributed by atoms with Crippen LogP contribution in [0.1, 0.15) is 22.9 Å². The maximum absolute atomic E-state index is 12.5. The smallest absolute Gasteiger partial charge is 0.286 e. The minimum atomic E-state index is -0.304. The number of aromatic nitrogens is 2. The van der Waals surface area contributed by atoms with Gasteiger partial charge >= 0.3 is 0 Å². The molecule has 0 saturated heterocycles. The van der Waals surface area contributed by atoms with Gasteiger partial charge in [-0.2, -0.15) is 9.98 Å². The van der Waals surface area contributed by atoms with Crippen LogP contribution in [-0.4, -0.2) is 46.3 Å². The number of nitrogens with zero attached hydrogens (tertiary/aromatic N) is 4. The summed E-state index contributed by atoms with van der Waals surface area (Å²) in [7, 11) is 3.22. The molecule has 0 atom stereocenters. The first kappa shape index (κ1) is 29.8. The van der Waals surface area contributed by atoms with Crippen molar-refractivity contribution in [2.45, 2.75) is 13.3 Å². The normalized spacial score (nSPS) is 16.4. The van der Waals surface area contributed by atoms with E-state index >= 15 is 0 Å². The zero-order valence-electron chi connectivity index (χ0n) is 23.6. The highest BCUT2D eigenvalue weighted by Gasteiger charge is 2.25. The first-order valence-electron chi connectivity index (χ1n) is 13.2. The summed E-state index contributed by atoms with van der Waals surface area (Å²) in [6.07, 6.45) is 4.36. The summed E-state index contributed by atoms with van der Waals surface area (Å²) in [4.78, 5) is 44.9. The number of ether oxygens (including phenoxy) is 2. The van der Waals surface area contributed by atoms with Gasteiger partial charge in [-0.25, -0.2) is 9.97 Å². The summed E-state index contributed by atoms with van der Waals surface area (Å²) in [6.45, 7) is 2.06. The number of rotatable bonds is 8. The maximum atomic E-state index is 12.5. The number of aliphatic imine (C=N–C) groups is 2. The highest BCUT2D eigenvalue weighted by Crippen LogP contribution is 2.37. The van der Waals surface area contributed by atoms with E-state index in [4.69, 9.17) is 19.4 Å². The number of carbonyl (C=O) groups excluding carboxylic acids is 2. The van der Waals surface area contributed by atoms with Crippen molar-refractivity contribution in [3.8, 4) is 22.9 Å². The van der Waals surface area contributed by atoms with Gasteiger partial charge in [0.15, 0.2) is 20.6 Å². The molecule has 2 aliphatic rings. The molecule has 222 valence electrons. The molecular formula is C30H24N6O4S4. The topological polar surface area (TPSA) is 127 Å². The molecule has 0 spiro atoms. The molecule has 2 aromatic heterocycles. The first-order valence-corrected chi connectivity index (χ1v) is 16.6. The van der Waals surface area contributed by atoms with Crippen LogP contribution in [0, 0.1) is 0 Å². The quantitative estimate of drug-likeness (QED) is 0.191. The second-order valence-corrected chi connectivity index (χ2v) is 13.1. The monoisotopic (exact) mass is 660 g/mol. The van der Waals surface area contributed by atoms with E-state index in [-0.39, 0.29) is 11.8 Å². The first-order chi connectivity index (χ1) is 21.4. The number of hydrogen-bond donors (Lipinski definition) is 2. The molecule has 6 rings (SSSR count). The maximum Gasteiger partial charge on any atom is 0.286 e. The Morgan fingerprint density at radius 3 is 1.77 bits per heavy atom. The summed E-state index contributed by atoms with van der Waals surface area (Å²) >= 11 is 5.43. The zero-order chi connectivity index (χ0) is 30.6. The molecular weight excluding hydrogens is 637 g/mol. The third-order valence-electron chi connectivity index (χ3n) is 6.26. The predicted octanol–water partition coefficient (Wildman–Crippen LogP) is 7.01. The van der Waals surface area contributed by atoms with Gasteiger partial charge in [0.1, 0.15) is 22.9 Å². The Balaban J connectivity index is 1.11. The number of hydrogen-bond acceptors (Lipinski definition) is 12. The van der Waals surface area contributed by atoms with Gasteiger partial charge < -0.3 is 20.1 Å². The largest absolute Gasteiger partial charge is 0.497 e. The van der Waals surface area contributed by atoms with Gasteiger partial charge in [-0.1, -0.05) is 31.2 Å². The zero-order valence-corrected chi connectivity index (χ0v) is 26.9. The Labute approximate surface area is 269 Å². The van der Waals surface area contributed by atoms with E-state index in [1.165, 1.54) is 46.2 Å². The van der Waals surface area contributed by atoms with E-state index in [0.717, 1.165) is 39.6 Å². The standard InChI is InChI=1S/C30H24N6O4S4/c1-4-21-24(32-28(42-21)36-30-34-26(38)23(44-30)14-17-7-11-19(40-3)12-8-17)20-15-41-27(31-20)35-29-33-25(37)22(43-29)13-16-5-9-18(39-2)10-6-16/h5-15H,4H2,1-3H3,(H,31,33,35,37)(H,32,34,36,38)/b22-13+,23-14+. The van der Waals surface area contributed by atoms with E-state index in [0.29, 0.717) is 36.1 Å². The van der Waals surface area contributed by atoms with Crippen molar-refractivity contribution >= 4 is 90.8 Å². The van der Waals surface area contributed by atoms with E-state index in [1.54, 1.807) is 26.4 Å². The van der Waals surface area contributed by atoms with Gasteiger partial charge in [-0.3, -0.25) is 9.59 Å². The highest BCUT2D eigenvalue weighted by molar-refractivity contribution is 8.19. The fourth-order valence-corrected chi connectivity index (χ4v) is 7.45. The van der Waals surface area contributed by atoms with Gasteiger partial charge in [0.05, 0.1) is 24.0 Å². The predicted molar refractivity (Wildman–Crippen MR) is 182 cm³/mol. The molecule has 14 heteroatoms. The van der Waals surface area contributed by atoms with Gasteiger partial charge in [-0.05, 0) is 77.5 Å². The Kier molecular flexibility index (Phi) is 8.93. The third kappa shape index (κ3) is 6.78. The summed E-state index contributed by atoms with van der Waals surface area (Å²) in [5.41, 5.74) is 3.22. The van der Waals surface area contributed by atoms with Crippen LogP contribution < -0.4 is 20.1 Å². The third-order valence-corrected chi connectivity index (χ3v) is 9.93. The Morgan fingerprint density at radius 2 is 1.27 bits per heavy atom. The molecule has 2 aromatic carbocycles. The molecule has 2 aliphatic heterocycles. The van der Waals surface area contributed by atoms with Crippen LogP contribution in [0.5, 0.6) is 11.5 Å². The minimum Gasteiger partial charge on any atom is -0.497 e. The second-order valence-electron chi connectivity index (χ2n) is 9.14. The van der Waals surface area contributed by atoms with Crippen molar-refractivity contribution in [2.75, 3.05) is 24.9 Å². The fraction of sp³-hybridized carbons (Fsp3) is 0.133. The van der Waals surface area contributed by atoms with Crippen molar-refractivity contribution < 1.29 is 19.1 Å².